The zero-order chi connectivity index (χ0) is 16.7. The molecule has 0 bridgehead atoms. The molecule has 122 valence electrons. The minimum Gasteiger partial charge on any atom is -0.488 e. The lowest BCUT2D eigenvalue weighted by Gasteiger charge is -2.14. The van der Waals surface area contributed by atoms with E-state index in [1.54, 1.807) is 6.07 Å². The highest BCUT2D eigenvalue weighted by atomic mass is 79.9. The van der Waals surface area contributed by atoms with Gasteiger partial charge in [-0.15, -0.1) is 0 Å². The molecule has 0 spiro atoms. The van der Waals surface area contributed by atoms with Gasteiger partial charge in [-0.25, -0.2) is 0 Å². The van der Waals surface area contributed by atoms with Gasteiger partial charge in [-0.3, -0.25) is 4.79 Å². The number of hydrogen-bond donors (Lipinski definition) is 2. The van der Waals surface area contributed by atoms with Crippen molar-refractivity contribution in [3.05, 3.63) is 64.1 Å². The van der Waals surface area contributed by atoms with Crippen LogP contribution in [0.1, 0.15) is 22.8 Å². The van der Waals surface area contributed by atoms with Gasteiger partial charge in [-0.2, -0.15) is 0 Å². The van der Waals surface area contributed by atoms with Crippen molar-refractivity contribution in [2.45, 2.75) is 19.6 Å². The van der Waals surface area contributed by atoms with Gasteiger partial charge in [-0.1, -0.05) is 40.2 Å². The van der Waals surface area contributed by atoms with Crippen LogP contribution in [-0.4, -0.2) is 25.5 Å². The standard InChI is InChI=1S/C18H21BrN2O2/c1-13(20-2)11-21-18(22)16-8-3-4-9-17(16)23-12-14-6-5-7-15(19)10-14/h3-10,13,20H,11-12H2,1-2H3,(H,21,22). The zero-order valence-electron chi connectivity index (χ0n) is 13.3. The molecule has 0 saturated carbocycles. The SMILES string of the molecule is CNC(C)CNC(=O)c1ccccc1OCc1cccc(Br)c1. The monoisotopic (exact) mass is 376 g/mol. The molecule has 2 aromatic carbocycles. The first kappa shape index (κ1) is 17.5. The highest BCUT2D eigenvalue weighted by Crippen LogP contribution is 2.20. The fraction of sp³-hybridized carbons (Fsp3) is 0.278. The highest BCUT2D eigenvalue weighted by molar-refractivity contribution is 9.10. The number of carbonyl (C=O) groups excluding carboxylic acids is 1. The van der Waals surface area contributed by atoms with Gasteiger partial charge in [0.2, 0.25) is 0 Å². The van der Waals surface area contributed by atoms with Crippen LogP contribution < -0.4 is 15.4 Å². The fourth-order valence-electron chi connectivity index (χ4n) is 2.01. The molecule has 0 heterocycles. The first-order valence-electron chi connectivity index (χ1n) is 7.52. The molecule has 0 aliphatic rings. The van der Waals surface area contributed by atoms with Crippen LogP contribution in [0.3, 0.4) is 0 Å². The van der Waals surface area contributed by atoms with E-state index in [1.807, 2.05) is 56.4 Å². The van der Waals surface area contributed by atoms with Gasteiger partial charge >= 0.3 is 0 Å². The third kappa shape index (κ3) is 5.37. The van der Waals surface area contributed by atoms with Crippen molar-refractivity contribution in [3.8, 4) is 5.75 Å². The molecule has 0 fully saturated rings. The largest absolute Gasteiger partial charge is 0.488 e. The number of amides is 1. The fourth-order valence-corrected chi connectivity index (χ4v) is 2.46. The first-order chi connectivity index (χ1) is 11.1. The third-order valence-electron chi connectivity index (χ3n) is 3.48. The maximum Gasteiger partial charge on any atom is 0.255 e. The molecular weight excluding hydrogens is 356 g/mol. The second-order valence-corrected chi connectivity index (χ2v) is 6.23. The van der Waals surface area contributed by atoms with Crippen LogP contribution >= 0.6 is 15.9 Å². The third-order valence-corrected chi connectivity index (χ3v) is 3.97. The van der Waals surface area contributed by atoms with Crippen LogP contribution in [0.5, 0.6) is 5.75 Å². The molecule has 2 aromatic rings. The Morgan fingerprint density at radius 2 is 2.00 bits per heavy atom. The number of halogens is 1. The number of carbonyl (C=O) groups is 1. The summed E-state index contributed by atoms with van der Waals surface area (Å²) < 4.78 is 6.84. The van der Waals surface area contributed by atoms with Gasteiger partial charge in [0.1, 0.15) is 12.4 Å². The summed E-state index contributed by atoms with van der Waals surface area (Å²) in [6.45, 7) is 2.99. The van der Waals surface area contributed by atoms with E-state index in [-0.39, 0.29) is 11.9 Å². The van der Waals surface area contributed by atoms with Crippen molar-refractivity contribution in [2.24, 2.45) is 0 Å². The summed E-state index contributed by atoms with van der Waals surface area (Å²) in [7, 11) is 1.87. The van der Waals surface area contributed by atoms with Gasteiger partial charge < -0.3 is 15.4 Å². The van der Waals surface area contributed by atoms with E-state index >= 15 is 0 Å². The van der Waals surface area contributed by atoms with E-state index in [0.29, 0.717) is 24.5 Å². The van der Waals surface area contributed by atoms with Crippen molar-refractivity contribution in [2.75, 3.05) is 13.6 Å². The van der Waals surface area contributed by atoms with E-state index in [9.17, 15) is 4.79 Å². The number of para-hydroxylation sites is 1. The number of likely N-dealkylation sites (N-methyl/N-ethyl adjacent to an activating group) is 1. The Kier molecular flexibility index (Phi) is 6.62. The molecule has 0 saturated heterocycles. The molecule has 23 heavy (non-hydrogen) atoms. The average Bonchev–Trinajstić information content (AvgIpc) is 2.58. The summed E-state index contributed by atoms with van der Waals surface area (Å²) in [6.07, 6.45) is 0. The summed E-state index contributed by atoms with van der Waals surface area (Å²) in [4.78, 5) is 12.3. The van der Waals surface area contributed by atoms with Gasteiger partial charge in [0, 0.05) is 17.1 Å². The molecule has 0 aliphatic heterocycles. The van der Waals surface area contributed by atoms with Gasteiger partial charge in [-0.05, 0) is 43.8 Å². The Morgan fingerprint density at radius 1 is 1.22 bits per heavy atom. The number of ether oxygens (including phenoxy) is 1. The molecule has 0 aliphatic carbocycles. The molecule has 0 radical (unpaired) electrons. The number of rotatable bonds is 7. The Balaban J connectivity index is 2.03. The van der Waals surface area contributed by atoms with Crippen LogP contribution in [0.4, 0.5) is 0 Å². The minimum atomic E-state index is -0.128. The number of nitrogens with one attached hydrogen (secondary N) is 2. The van der Waals surface area contributed by atoms with Crippen LogP contribution in [0.2, 0.25) is 0 Å². The Morgan fingerprint density at radius 3 is 2.74 bits per heavy atom. The maximum absolute atomic E-state index is 12.3. The molecule has 1 unspecified atom stereocenters. The van der Waals surface area contributed by atoms with Crippen molar-refractivity contribution >= 4 is 21.8 Å². The lowest BCUT2D eigenvalue weighted by Crippen LogP contribution is -2.37. The molecule has 4 nitrogen and oxygen atoms in total. The van der Waals surface area contributed by atoms with E-state index in [1.165, 1.54) is 0 Å². The Hall–Kier alpha value is -1.85. The van der Waals surface area contributed by atoms with Gasteiger partial charge in [0.05, 0.1) is 5.56 Å². The average molecular weight is 377 g/mol. The van der Waals surface area contributed by atoms with E-state index in [2.05, 4.69) is 26.6 Å². The minimum absolute atomic E-state index is 0.128. The van der Waals surface area contributed by atoms with Crippen LogP contribution in [-0.2, 0) is 6.61 Å². The Bertz CT molecular complexity index is 661. The topological polar surface area (TPSA) is 50.4 Å². The van der Waals surface area contributed by atoms with E-state index in [4.69, 9.17) is 4.74 Å². The van der Waals surface area contributed by atoms with Crippen LogP contribution in [0.15, 0.2) is 53.0 Å². The molecule has 0 aromatic heterocycles. The van der Waals surface area contributed by atoms with Crippen LogP contribution in [0.25, 0.3) is 0 Å². The lowest BCUT2D eigenvalue weighted by atomic mass is 10.1. The smallest absolute Gasteiger partial charge is 0.255 e. The predicted molar refractivity (Wildman–Crippen MR) is 95.8 cm³/mol. The first-order valence-corrected chi connectivity index (χ1v) is 8.31. The maximum atomic E-state index is 12.3. The zero-order valence-corrected chi connectivity index (χ0v) is 14.9. The number of benzene rings is 2. The predicted octanol–water partition coefficient (Wildman–Crippen LogP) is 3.37. The molecule has 1 amide bonds. The second-order valence-electron chi connectivity index (χ2n) is 5.31. The molecule has 1 atom stereocenters. The molecular formula is C18H21BrN2O2. The van der Waals surface area contributed by atoms with Gasteiger partial charge in [0.25, 0.3) is 5.91 Å². The van der Waals surface area contributed by atoms with Gasteiger partial charge in [0.15, 0.2) is 0 Å². The lowest BCUT2D eigenvalue weighted by molar-refractivity contribution is 0.0946. The van der Waals surface area contributed by atoms with E-state index < -0.39 is 0 Å². The number of hydrogen-bond acceptors (Lipinski definition) is 3. The summed E-state index contributed by atoms with van der Waals surface area (Å²) in [5.74, 6) is 0.457. The van der Waals surface area contributed by atoms with Crippen molar-refractivity contribution < 1.29 is 9.53 Å². The van der Waals surface area contributed by atoms with Crippen molar-refractivity contribution in [3.63, 3.8) is 0 Å². The van der Waals surface area contributed by atoms with Crippen LogP contribution in [0, 0.1) is 0 Å². The quantitative estimate of drug-likeness (QED) is 0.778. The summed E-state index contributed by atoms with van der Waals surface area (Å²) in [5, 5.41) is 6.00. The normalized spacial score (nSPS) is 11.8. The molecule has 5 heteroatoms. The molecule has 2 N–H and O–H groups in total. The summed E-state index contributed by atoms with van der Waals surface area (Å²) in [5.41, 5.74) is 1.59. The highest BCUT2D eigenvalue weighted by Gasteiger charge is 2.12. The van der Waals surface area contributed by atoms with Crippen molar-refractivity contribution in [1.29, 1.82) is 0 Å². The summed E-state index contributed by atoms with van der Waals surface area (Å²) in [6, 6.07) is 15.4. The molecule has 2 rings (SSSR count). The Labute approximate surface area is 145 Å². The summed E-state index contributed by atoms with van der Waals surface area (Å²) >= 11 is 3.44. The van der Waals surface area contributed by atoms with Crippen molar-refractivity contribution in [1.82, 2.24) is 10.6 Å². The van der Waals surface area contributed by atoms with E-state index in [0.717, 1.165) is 10.0 Å². The second kappa shape index (κ2) is 8.70.